The third kappa shape index (κ3) is 5.84. The summed E-state index contributed by atoms with van der Waals surface area (Å²) in [7, 11) is 3.82. The zero-order valence-corrected chi connectivity index (χ0v) is 17.1. The first kappa shape index (κ1) is 22.5. The zero-order chi connectivity index (χ0) is 21.6. The molecule has 156 valence electrons. The van der Waals surface area contributed by atoms with Gasteiger partial charge in [0.15, 0.2) is 0 Å². The number of nitrogens with zero attached hydrogens (tertiary/aromatic N) is 1. The summed E-state index contributed by atoms with van der Waals surface area (Å²) in [6, 6.07) is 11.9. The first-order chi connectivity index (χ1) is 13.7. The van der Waals surface area contributed by atoms with E-state index in [1.165, 1.54) is 6.07 Å². The number of likely N-dealkylation sites (N-methyl/N-ethyl adjacent to an activating group) is 1. The molecule has 0 spiro atoms. The predicted octanol–water partition coefficient (Wildman–Crippen LogP) is 3.14. The SMILES string of the molecule is CC(C)[C@H](NC(=O)c1c(F)cccc1F)C(=O)NC[C@@H](c1ccccc1)N(C)C. The molecule has 2 aromatic carbocycles. The van der Waals surface area contributed by atoms with Crippen molar-refractivity contribution >= 4 is 11.8 Å². The number of carbonyl (C=O) groups excluding carboxylic acids is 2. The first-order valence-corrected chi connectivity index (χ1v) is 9.46. The maximum atomic E-state index is 13.9. The van der Waals surface area contributed by atoms with Gasteiger partial charge >= 0.3 is 0 Å². The fraction of sp³-hybridized carbons (Fsp3) is 0.364. The maximum Gasteiger partial charge on any atom is 0.257 e. The molecule has 0 saturated carbocycles. The molecule has 2 atom stereocenters. The van der Waals surface area contributed by atoms with Crippen molar-refractivity contribution in [2.75, 3.05) is 20.6 Å². The highest BCUT2D eigenvalue weighted by atomic mass is 19.1. The summed E-state index contributed by atoms with van der Waals surface area (Å²) < 4.78 is 27.8. The van der Waals surface area contributed by atoms with Crippen LogP contribution in [0.5, 0.6) is 0 Å². The molecule has 0 bridgehead atoms. The van der Waals surface area contributed by atoms with Crippen molar-refractivity contribution in [1.29, 1.82) is 0 Å². The summed E-state index contributed by atoms with van der Waals surface area (Å²) >= 11 is 0. The van der Waals surface area contributed by atoms with Crippen molar-refractivity contribution in [2.45, 2.75) is 25.9 Å². The molecular formula is C22H27F2N3O2. The summed E-state index contributed by atoms with van der Waals surface area (Å²) in [6.07, 6.45) is 0. The van der Waals surface area contributed by atoms with Gasteiger partial charge in [-0.05, 0) is 37.7 Å². The van der Waals surface area contributed by atoms with E-state index in [4.69, 9.17) is 0 Å². The van der Waals surface area contributed by atoms with Gasteiger partial charge in [-0.15, -0.1) is 0 Å². The molecule has 0 radical (unpaired) electrons. The average molecular weight is 403 g/mol. The lowest BCUT2D eigenvalue weighted by Gasteiger charge is -2.27. The topological polar surface area (TPSA) is 61.4 Å². The molecule has 0 aromatic heterocycles. The monoisotopic (exact) mass is 403 g/mol. The molecule has 2 N–H and O–H groups in total. The Balaban J connectivity index is 2.10. The summed E-state index contributed by atoms with van der Waals surface area (Å²) in [5.74, 6) is -3.58. The van der Waals surface area contributed by atoms with E-state index >= 15 is 0 Å². The molecule has 0 aliphatic rings. The van der Waals surface area contributed by atoms with Crippen molar-refractivity contribution in [1.82, 2.24) is 15.5 Å². The number of amides is 2. The van der Waals surface area contributed by atoms with Gasteiger partial charge in [-0.2, -0.15) is 0 Å². The van der Waals surface area contributed by atoms with Crippen molar-refractivity contribution < 1.29 is 18.4 Å². The van der Waals surface area contributed by atoms with E-state index < -0.39 is 35.1 Å². The Kier molecular flexibility index (Phi) is 7.84. The average Bonchev–Trinajstić information content (AvgIpc) is 2.66. The molecule has 5 nitrogen and oxygen atoms in total. The van der Waals surface area contributed by atoms with Crippen LogP contribution < -0.4 is 10.6 Å². The van der Waals surface area contributed by atoms with E-state index in [9.17, 15) is 18.4 Å². The molecule has 0 aliphatic heterocycles. The number of benzene rings is 2. The van der Waals surface area contributed by atoms with Crippen LogP contribution in [0.3, 0.4) is 0 Å². The van der Waals surface area contributed by atoms with Gasteiger partial charge in [-0.1, -0.05) is 50.2 Å². The molecule has 0 fully saturated rings. The molecule has 7 heteroatoms. The van der Waals surface area contributed by atoms with E-state index in [1.807, 2.05) is 49.3 Å². The fourth-order valence-corrected chi connectivity index (χ4v) is 3.04. The van der Waals surface area contributed by atoms with Crippen LogP contribution >= 0.6 is 0 Å². The number of hydrogen-bond acceptors (Lipinski definition) is 3. The van der Waals surface area contributed by atoms with Crippen molar-refractivity contribution in [3.05, 3.63) is 71.3 Å². The summed E-state index contributed by atoms with van der Waals surface area (Å²) in [5.41, 5.74) is 0.345. The minimum absolute atomic E-state index is 0.0623. The normalized spacial score (nSPS) is 13.2. The lowest BCUT2D eigenvalue weighted by molar-refractivity contribution is -0.124. The van der Waals surface area contributed by atoms with Gasteiger partial charge in [0.05, 0.1) is 6.04 Å². The Morgan fingerprint density at radius 1 is 0.966 bits per heavy atom. The molecular weight excluding hydrogens is 376 g/mol. The highest BCUT2D eigenvalue weighted by Gasteiger charge is 2.28. The Morgan fingerprint density at radius 2 is 1.55 bits per heavy atom. The summed E-state index contributed by atoms with van der Waals surface area (Å²) in [5, 5.41) is 5.31. The van der Waals surface area contributed by atoms with Gasteiger partial charge < -0.3 is 15.5 Å². The van der Waals surface area contributed by atoms with Gasteiger partial charge in [-0.25, -0.2) is 8.78 Å². The Morgan fingerprint density at radius 3 is 2.07 bits per heavy atom. The molecule has 0 heterocycles. The number of nitrogens with one attached hydrogen (secondary N) is 2. The summed E-state index contributed by atoms with van der Waals surface area (Å²) in [4.78, 5) is 27.1. The van der Waals surface area contributed by atoms with E-state index in [-0.39, 0.29) is 12.0 Å². The lowest BCUT2D eigenvalue weighted by atomic mass is 10.0. The van der Waals surface area contributed by atoms with Gasteiger partial charge in [-0.3, -0.25) is 9.59 Å². The highest BCUT2D eigenvalue weighted by molar-refractivity contribution is 5.98. The molecule has 2 rings (SSSR count). The summed E-state index contributed by atoms with van der Waals surface area (Å²) in [6.45, 7) is 3.83. The third-order valence-corrected chi connectivity index (χ3v) is 4.70. The van der Waals surface area contributed by atoms with Gasteiger partial charge in [0, 0.05) is 6.54 Å². The van der Waals surface area contributed by atoms with Crippen LogP contribution in [0, 0.1) is 17.6 Å². The second-order valence-electron chi connectivity index (χ2n) is 7.43. The Bertz CT molecular complexity index is 821. The number of hydrogen-bond donors (Lipinski definition) is 2. The molecule has 29 heavy (non-hydrogen) atoms. The van der Waals surface area contributed by atoms with E-state index in [1.54, 1.807) is 13.8 Å². The van der Waals surface area contributed by atoms with Crippen LogP contribution in [-0.2, 0) is 4.79 Å². The Hall–Kier alpha value is -2.80. The third-order valence-electron chi connectivity index (χ3n) is 4.70. The largest absolute Gasteiger partial charge is 0.352 e. The van der Waals surface area contributed by atoms with Crippen LogP contribution in [0.4, 0.5) is 8.78 Å². The predicted molar refractivity (Wildman–Crippen MR) is 108 cm³/mol. The van der Waals surface area contributed by atoms with Gasteiger partial charge in [0.2, 0.25) is 5.91 Å². The van der Waals surface area contributed by atoms with E-state index in [0.29, 0.717) is 6.54 Å². The van der Waals surface area contributed by atoms with Crippen molar-refractivity contribution in [3.8, 4) is 0 Å². The van der Waals surface area contributed by atoms with Crippen molar-refractivity contribution in [3.63, 3.8) is 0 Å². The molecule has 0 aliphatic carbocycles. The first-order valence-electron chi connectivity index (χ1n) is 9.46. The number of rotatable bonds is 8. The van der Waals surface area contributed by atoms with Crippen molar-refractivity contribution in [2.24, 2.45) is 5.92 Å². The second-order valence-corrected chi connectivity index (χ2v) is 7.43. The van der Waals surface area contributed by atoms with Gasteiger partial charge in [0.25, 0.3) is 5.91 Å². The van der Waals surface area contributed by atoms with Gasteiger partial charge in [0.1, 0.15) is 23.2 Å². The van der Waals surface area contributed by atoms with Crippen LogP contribution in [0.2, 0.25) is 0 Å². The minimum Gasteiger partial charge on any atom is -0.352 e. The molecule has 0 saturated heterocycles. The standard InChI is InChI=1S/C22H27F2N3O2/c1-14(2)20(26-21(28)19-16(23)11-8-12-17(19)24)22(29)25-13-18(27(3)4)15-9-6-5-7-10-15/h5-12,14,18,20H,13H2,1-4H3,(H,25,29)(H,26,28)/t18-,20-/m0/s1. The smallest absolute Gasteiger partial charge is 0.257 e. The van der Waals surface area contributed by atoms with Crippen LogP contribution in [0.25, 0.3) is 0 Å². The van der Waals surface area contributed by atoms with E-state index in [2.05, 4.69) is 10.6 Å². The number of halogens is 2. The molecule has 0 unspecified atom stereocenters. The molecule has 2 aromatic rings. The zero-order valence-electron chi connectivity index (χ0n) is 17.1. The quantitative estimate of drug-likeness (QED) is 0.712. The van der Waals surface area contributed by atoms with Crippen LogP contribution in [0.1, 0.15) is 35.8 Å². The lowest BCUT2D eigenvalue weighted by Crippen LogP contribution is -2.51. The minimum atomic E-state index is -0.970. The van der Waals surface area contributed by atoms with E-state index in [0.717, 1.165) is 17.7 Å². The highest BCUT2D eigenvalue weighted by Crippen LogP contribution is 2.17. The number of carbonyl (C=O) groups is 2. The maximum absolute atomic E-state index is 13.9. The van der Waals surface area contributed by atoms with Crippen LogP contribution in [-0.4, -0.2) is 43.4 Å². The fourth-order valence-electron chi connectivity index (χ4n) is 3.04. The second kappa shape index (κ2) is 10.1. The molecule has 2 amide bonds. The van der Waals surface area contributed by atoms with Crippen LogP contribution in [0.15, 0.2) is 48.5 Å². The Labute approximate surface area is 170 Å².